The highest BCUT2D eigenvalue weighted by molar-refractivity contribution is 8.13. The first-order valence-corrected chi connectivity index (χ1v) is 6.70. The zero-order valence-corrected chi connectivity index (χ0v) is 11.6. The van der Waals surface area contributed by atoms with E-state index >= 15 is 0 Å². The highest BCUT2D eigenvalue weighted by Gasteiger charge is 2.08. The van der Waals surface area contributed by atoms with E-state index in [0.29, 0.717) is 22.3 Å². The molecule has 0 atom stereocenters. The summed E-state index contributed by atoms with van der Waals surface area (Å²) in [7, 11) is 1.57. The number of nitrogens with one attached hydrogen (secondary N) is 1. The van der Waals surface area contributed by atoms with E-state index in [-0.39, 0.29) is 0 Å². The van der Waals surface area contributed by atoms with Gasteiger partial charge in [0, 0.05) is 6.07 Å². The number of hydrogen-bond donors (Lipinski definition) is 1. The Morgan fingerprint density at radius 2 is 2.40 bits per heavy atom. The van der Waals surface area contributed by atoms with Gasteiger partial charge >= 0.3 is 0 Å². The molecule has 1 aromatic carbocycles. The highest BCUT2D eigenvalue weighted by atomic mass is 32.2. The fraction of sp³-hybridized carbons (Fsp3) is 0.182. The van der Waals surface area contributed by atoms with Gasteiger partial charge in [0.2, 0.25) is 0 Å². The number of tetrazole rings is 1. The Morgan fingerprint density at radius 3 is 3.00 bits per heavy atom. The Balaban J connectivity index is 2.51. The molecule has 0 unspecified atom stereocenters. The Kier molecular flexibility index (Phi) is 4.52. The number of thioether (sulfide) groups is 1. The molecule has 1 heterocycles. The van der Waals surface area contributed by atoms with Gasteiger partial charge in [-0.25, -0.2) is 4.99 Å². The SMILES string of the molecule is COc1ccc(-n2cnnn2)c(N=C(NC#N)SC)c1. The van der Waals surface area contributed by atoms with Crippen molar-refractivity contribution in [1.29, 1.82) is 5.26 Å². The van der Waals surface area contributed by atoms with Crippen molar-refractivity contribution in [2.75, 3.05) is 13.4 Å². The van der Waals surface area contributed by atoms with Crippen LogP contribution in [0.3, 0.4) is 0 Å². The summed E-state index contributed by atoms with van der Waals surface area (Å²) in [6.45, 7) is 0. The molecule has 0 saturated heterocycles. The van der Waals surface area contributed by atoms with Crippen LogP contribution in [0.4, 0.5) is 5.69 Å². The fourth-order valence-corrected chi connectivity index (χ4v) is 1.80. The molecule has 9 heteroatoms. The highest BCUT2D eigenvalue weighted by Crippen LogP contribution is 2.28. The van der Waals surface area contributed by atoms with Crippen molar-refractivity contribution >= 4 is 22.6 Å². The summed E-state index contributed by atoms with van der Waals surface area (Å²) < 4.78 is 6.67. The molecule has 102 valence electrons. The van der Waals surface area contributed by atoms with Crippen LogP contribution in [0.15, 0.2) is 29.5 Å². The Bertz CT molecular complexity index is 647. The molecule has 2 aromatic rings. The van der Waals surface area contributed by atoms with Gasteiger partial charge in [0.1, 0.15) is 12.1 Å². The number of methoxy groups -OCH3 is 1. The number of hydrogen-bond acceptors (Lipinski definition) is 7. The number of amidine groups is 1. The molecule has 20 heavy (non-hydrogen) atoms. The maximum absolute atomic E-state index is 8.68. The second kappa shape index (κ2) is 6.53. The summed E-state index contributed by atoms with van der Waals surface area (Å²) in [6.07, 6.45) is 5.13. The Hall–Kier alpha value is -2.60. The minimum Gasteiger partial charge on any atom is -0.497 e. The number of aliphatic imine (C=N–C) groups is 1. The molecular formula is C11H11N7OS. The zero-order chi connectivity index (χ0) is 14.4. The number of aromatic nitrogens is 4. The maximum Gasteiger partial charge on any atom is 0.183 e. The van der Waals surface area contributed by atoms with Crippen LogP contribution in [0.2, 0.25) is 0 Å². The lowest BCUT2D eigenvalue weighted by Gasteiger charge is -2.08. The van der Waals surface area contributed by atoms with Crippen LogP contribution < -0.4 is 10.1 Å². The van der Waals surface area contributed by atoms with E-state index in [2.05, 4.69) is 25.8 Å². The van der Waals surface area contributed by atoms with Crippen molar-refractivity contribution in [2.24, 2.45) is 4.99 Å². The minimum absolute atomic E-state index is 0.468. The van der Waals surface area contributed by atoms with Crippen LogP contribution in [0.25, 0.3) is 5.69 Å². The summed E-state index contributed by atoms with van der Waals surface area (Å²) in [5, 5.41) is 22.7. The number of nitrogens with zero attached hydrogens (tertiary/aromatic N) is 6. The summed E-state index contributed by atoms with van der Waals surface area (Å²) in [6, 6.07) is 5.32. The van der Waals surface area contributed by atoms with Crippen molar-refractivity contribution in [1.82, 2.24) is 25.5 Å². The molecule has 0 saturated carbocycles. The lowest BCUT2D eigenvalue weighted by Crippen LogP contribution is -2.12. The van der Waals surface area contributed by atoms with Crippen LogP contribution in [-0.4, -0.2) is 38.7 Å². The predicted octanol–water partition coefficient (Wildman–Crippen LogP) is 1.09. The van der Waals surface area contributed by atoms with Gasteiger partial charge in [0.15, 0.2) is 11.4 Å². The van der Waals surface area contributed by atoms with Crippen molar-refractivity contribution in [3.63, 3.8) is 0 Å². The first-order chi connectivity index (χ1) is 9.78. The summed E-state index contributed by atoms with van der Waals surface area (Å²) in [5.41, 5.74) is 1.27. The third-order valence-electron chi connectivity index (χ3n) is 2.36. The van der Waals surface area contributed by atoms with Crippen molar-refractivity contribution in [3.05, 3.63) is 24.5 Å². The van der Waals surface area contributed by atoms with Crippen molar-refractivity contribution in [2.45, 2.75) is 0 Å². The zero-order valence-electron chi connectivity index (χ0n) is 10.8. The van der Waals surface area contributed by atoms with Gasteiger partial charge in [-0.05, 0) is 28.8 Å². The average Bonchev–Trinajstić information content (AvgIpc) is 3.00. The normalized spacial score (nSPS) is 10.9. The summed E-state index contributed by atoms with van der Waals surface area (Å²) >= 11 is 1.32. The molecule has 1 aromatic heterocycles. The van der Waals surface area contributed by atoms with Gasteiger partial charge in [-0.3, -0.25) is 5.32 Å². The van der Waals surface area contributed by atoms with Crippen LogP contribution in [0.1, 0.15) is 0 Å². The van der Waals surface area contributed by atoms with E-state index in [1.54, 1.807) is 25.3 Å². The van der Waals surface area contributed by atoms with E-state index in [9.17, 15) is 0 Å². The Morgan fingerprint density at radius 1 is 1.55 bits per heavy atom. The third-order valence-corrected chi connectivity index (χ3v) is 2.94. The first-order valence-electron chi connectivity index (χ1n) is 5.47. The molecule has 0 amide bonds. The Labute approximate surface area is 119 Å². The molecule has 2 rings (SSSR count). The van der Waals surface area contributed by atoms with Crippen molar-refractivity contribution in [3.8, 4) is 17.6 Å². The van der Waals surface area contributed by atoms with Gasteiger partial charge in [-0.1, -0.05) is 11.8 Å². The molecule has 1 N–H and O–H groups in total. The molecule has 0 aliphatic rings. The van der Waals surface area contributed by atoms with Gasteiger partial charge in [0.25, 0.3) is 0 Å². The number of rotatable bonds is 3. The third kappa shape index (κ3) is 3.04. The lowest BCUT2D eigenvalue weighted by atomic mass is 10.2. The van der Waals surface area contributed by atoms with Crippen molar-refractivity contribution < 1.29 is 4.74 Å². The second-order valence-electron chi connectivity index (χ2n) is 3.47. The molecule has 0 bridgehead atoms. The fourth-order valence-electron chi connectivity index (χ4n) is 1.47. The van der Waals surface area contributed by atoms with Crippen LogP contribution in [-0.2, 0) is 0 Å². The second-order valence-corrected chi connectivity index (χ2v) is 4.26. The van der Waals surface area contributed by atoms with E-state index < -0.39 is 0 Å². The standard InChI is InChI=1S/C11H11N7OS/c1-19-8-3-4-10(18-7-14-16-17-18)9(5-8)15-11(20-2)13-6-12/h3-5,7H,1-2H3,(H,13,15). The average molecular weight is 289 g/mol. The lowest BCUT2D eigenvalue weighted by molar-refractivity contribution is 0.415. The van der Waals surface area contributed by atoms with Gasteiger partial charge in [-0.2, -0.15) is 9.94 Å². The molecule has 0 radical (unpaired) electrons. The number of ether oxygens (including phenoxy) is 1. The topological polar surface area (TPSA) is 101 Å². The predicted molar refractivity (Wildman–Crippen MR) is 75.1 cm³/mol. The quantitative estimate of drug-likeness (QED) is 0.390. The van der Waals surface area contributed by atoms with Crippen LogP contribution >= 0.6 is 11.8 Å². The molecule has 0 aliphatic carbocycles. The van der Waals surface area contributed by atoms with Gasteiger partial charge < -0.3 is 4.74 Å². The smallest absolute Gasteiger partial charge is 0.183 e. The van der Waals surface area contributed by atoms with Crippen LogP contribution in [0, 0.1) is 11.5 Å². The molecule has 0 fully saturated rings. The molecule has 0 aliphatic heterocycles. The molecular weight excluding hydrogens is 278 g/mol. The minimum atomic E-state index is 0.468. The van der Waals surface area contributed by atoms with E-state index in [1.807, 2.05) is 12.4 Å². The number of nitriles is 1. The molecule has 8 nitrogen and oxygen atoms in total. The van der Waals surface area contributed by atoms with Gasteiger partial charge in [-0.15, -0.1) is 5.10 Å². The maximum atomic E-state index is 8.68. The van der Waals surface area contributed by atoms with Crippen LogP contribution in [0.5, 0.6) is 5.75 Å². The monoisotopic (exact) mass is 289 g/mol. The summed E-state index contributed by atoms with van der Waals surface area (Å²) in [4.78, 5) is 4.38. The van der Waals surface area contributed by atoms with E-state index in [4.69, 9.17) is 10.00 Å². The summed E-state index contributed by atoms with van der Waals surface area (Å²) in [5.74, 6) is 0.651. The van der Waals surface area contributed by atoms with E-state index in [1.165, 1.54) is 22.8 Å². The number of benzene rings is 1. The first kappa shape index (κ1) is 13.8. The van der Waals surface area contributed by atoms with E-state index in [0.717, 1.165) is 0 Å². The molecule has 0 spiro atoms. The van der Waals surface area contributed by atoms with Gasteiger partial charge in [0.05, 0.1) is 18.5 Å². The largest absolute Gasteiger partial charge is 0.497 e.